The first-order valence-corrected chi connectivity index (χ1v) is 7.12. The maximum Gasteiger partial charge on any atom is 0.269 e. The number of non-ortho nitro benzene ring substituents is 1. The number of benzene rings is 2. The molecule has 0 saturated carbocycles. The lowest BCUT2D eigenvalue weighted by Gasteiger charge is -2.06. The Labute approximate surface area is 137 Å². The lowest BCUT2D eigenvalue weighted by Crippen LogP contribution is -2.05. The number of nitrogens with zero attached hydrogens (tertiary/aromatic N) is 3. The normalized spacial score (nSPS) is 10.4. The van der Waals surface area contributed by atoms with Crippen molar-refractivity contribution >= 4 is 11.6 Å². The van der Waals surface area contributed by atoms with Crippen molar-refractivity contribution in [2.45, 2.75) is 6.92 Å². The number of hydrogen-bond donors (Lipinski definition) is 0. The molecule has 0 bridgehead atoms. The fourth-order valence-corrected chi connectivity index (χ4v) is 2.12. The summed E-state index contributed by atoms with van der Waals surface area (Å²) in [5, 5.41) is 14.8. The van der Waals surface area contributed by atoms with Crippen LogP contribution in [0.15, 0.2) is 60.8 Å². The summed E-state index contributed by atoms with van der Waals surface area (Å²) in [7, 11) is 0. The highest BCUT2D eigenvalue weighted by Gasteiger charge is 2.07. The largest absolute Gasteiger partial charge is 0.457 e. The van der Waals surface area contributed by atoms with Gasteiger partial charge in [0.25, 0.3) is 5.69 Å². The molecule has 0 radical (unpaired) electrons. The van der Waals surface area contributed by atoms with Crippen LogP contribution in [0.3, 0.4) is 0 Å². The number of hydrogen-bond acceptors (Lipinski definition) is 5. The second-order valence-electron chi connectivity index (χ2n) is 5.04. The Kier molecular flexibility index (Phi) is 4.07. The van der Waals surface area contributed by atoms with E-state index in [1.165, 1.54) is 23.7 Å². The fourth-order valence-electron chi connectivity index (χ4n) is 2.12. The molecule has 24 heavy (non-hydrogen) atoms. The number of nitro groups is 1. The molecule has 0 N–H and O–H groups in total. The first-order valence-electron chi connectivity index (χ1n) is 7.12. The molecular formula is C17H13N3O4. The molecule has 3 rings (SSSR count). The van der Waals surface area contributed by atoms with E-state index in [-0.39, 0.29) is 11.6 Å². The number of ether oxygens (including phenoxy) is 1. The maximum atomic E-state index is 11.3. The lowest BCUT2D eigenvalue weighted by molar-refractivity contribution is -0.384. The summed E-state index contributed by atoms with van der Waals surface area (Å²) in [5.74, 6) is 0.951. The van der Waals surface area contributed by atoms with E-state index in [2.05, 4.69) is 5.10 Å². The second-order valence-corrected chi connectivity index (χ2v) is 5.04. The Morgan fingerprint density at radius 2 is 1.62 bits per heavy atom. The molecule has 0 aliphatic heterocycles. The van der Waals surface area contributed by atoms with Gasteiger partial charge in [-0.05, 0) is 42.5 Å². The summed E-state index contributed by atoms with van der Waals surface area (Å²) in [6.07, 6.45) is 1.61. The van der Waals surface area contributed by atoms with Crippen molar-refractivity contribution in [2.24, 2.45) is 0 Å². The van der Waals surface area contributed by atoms with Crippen molar-refractivity contribution in [1.82, 2.24) is 9.78 Å². The van der Waals surface area contributed by atoms with Crippen molar-refractivity contribution < 1.29 is 14.5 Å². The molecule has 0 saturated heterocycles. The second kappa shape index (κ2) is 6.33. The molecule has 1 aromatic heterocycles. The van der Waals surface area contributed by atoms with Crippen LogP contribution in [0.25, 0.3) is 11.3 Å². The summed E-state index contributed by atoms with van der Waals surface area (Å²) in [4.78, 5) is 21.4. The van der Waals surface area contributed by atoms with Crippen molar-refractivity contribution in [3.05, 3.63) is 70.9 Å². The van der Waals surface area contributed by atoms with Crippen LogP contribution in [-0.2, 0) is 0 Å². The van der Waals surface area contributed by atoms with Gasteiger partial charge in [0.1, 0.15) is 11.5 Å². The SMILES string of the molecule is CC(=O)n1ccc(-c2ccc(Oc3ccc([N+](=O)[O-])cc3)cc2)n1. The highest BCUT2D eigenvalue weighted by atomic mass is 16.6. The quantitative estimate of drug-likeness (QED) is 0.536. The molecule has 1 heterocycles. The van der Waals surface area contributed by atoms with E-state index < -0.39 is 4.92 Å². The molecule has 3 aromatic rings. The summed E-state index contributed by atoms with van der Waals surface area (Å²) < 4.78 is 6.92. The van der Waals surface area contributed by atoms with Crippen LogP contribution in [-0.4, -0.2) is 20.6 Å². The van der Waals surface area contributed by atoms with E-state index in [0.717, 1.165) is 5.56 Å². The van der Waals surface area contributed by atoms with Gasteiger partial charge in [-0.3, -0.25) is 14.9 Å². The highest BCUT2D eigenvalue weighted by Crippen LogP contribution is 2.26. The molecular weight excluding hydrogens is 310 g/mol. The molecule has 7 heteroatoms. The molecule has 2 aromatic carbocycles. The monoisotopic (exact) mass is 323 g/mol. The molecule has 0 unspecified atom stereocenters. The van der Waals surface area contributed by atoms with Crippen LogP contribution in [0.5, 0.6) is 11.5 Å². The predicted molar refractivity (Wildman–Crippen MR) is 87.1 cm³/mol. The average Bonchev–Trinajstić information content (AvgIpc) is 3.06. The number of nitro benzene ring substituents is 1. The van der Waals surface area contributed by atoms with E-state index in [4.69, 9.17) is 4.74 Å². The van der Waals surface area contributed by atoms with Crippen LogP contribution in [0, 0.1) is 10.1 Å². The summed E-state index contributed by atoms with van der Waals surface area (Å²) in [6.45, 7) is 1.44. The van der Waals surface area contributed by atoms with E-state index in [9.17, 15) is 14.9 Å². The zero-order chi connectivity index (χ0) is 17.1. The van der Waals surface area contributed by atoms with Crippen molar-refractivity contribution in [3.8, 4) is 22.8 Å². The Morgan fingerprint density at radius 3 is 2.12 bits per heavy atom. The Hall–Kier alpha value is -3.48. The maximum absolute atomic E-state index is 11.3. The molecule has 120 valence electrons. The van der Waals surface area contributed by atoms with Crippen LogP contribution in [0.2, 0.25) is 0 Å². The summed E-state index contributed by atoms with van der Waals surface area (Å²) in [5.41, 5.74) is 1.55. The van der Waals surface area contributed by atoms with Gasteiger partial charge in [0.2, 0.25) is 5.91 Å². The van der Waals surface area contributed by atoms with E-state index in [1.54, 1.807) is 36.5 Å². The third kappa shape index (κ3) is 3.30. The number of carbonyl (C=O) groups excluding carboxylic acids is 1. The van der Waals surface area contributed by atoms with Crippen LogP contribution >= 0.6 is 0 Å². The molecule has 0 amide bonds. The third-order valence-corrected chi connectivity index (χ3v) is 3.35. The van der Waals surface area contributed by atoms with Crippen LogP contribution in [0.4, 0.5) is 5.69 Å². The lowest BCUT2D eigenvalue weighted by atomic mass is 10.1. The minimum atomic E-state index is -0.460. The third-order valence-electron chi connectivity index (χ3n) is 3.35. The zero-order valence-corrected chi connectivity index (χ0v) is 12.7. The van der Waals surface area contributed by atoms with Gasteiger partial charge >= 0.3 is 0 Å². The van der Waals surface area contributed by atoms with Crippen LogP contribution in [0.1, 0.15) is 11.7 Å². The average molecular weight is 323 g/mol. The van der Waals surface area contributed by atoms with Gasteiger partial charge in [0.15, 0.2) is 0 Å². The number of carbonyl (C=O) groups is 1. The van der Waals surface area contributed by atoms with Gasteiger partial charge in [-0.25, -0.2) is 4.68 Å². The van der Waals surface area contributed by atoms with Gasteiger partial charge in [0.05, 0.1) is 10.6 Å². The first kappa shape index (κ1) is 15.4. The summed E-state index contributed by atoms with van der Waals surface area (Å²) >= 11 is 0. The smallest absolute Gasteiger partial charge is 0.269 e. The van der Waals surface area contributed by atoms with Gasteiger partial charge in [-0.1, -0.05) is 0 Å². The number of rotatable bonds is 4. The molecule has 0 spiro atoms. The van der Waals surface area contributed by atoms with Crippen LogP contribution < -0.4 is 4.74 Å². The predicted octanol–water partition coefficient (Wildman–Crippen LogP) is 3.91. The minimum absolute atomic E-state index is 0.0127. The zero-order valence-electron chi connectivity index (χ0n) is 12.7. The topological polar surface area (TPSA) is 87.3 Å². The molecule has 7 nitrogen and oxygen atoms in total. The van der Waals surface area contributed by atoms with Gasteiger partial charge < -0.3 is 4.74 Å². The van der Waals surface area contributed by atoms with Gasteiger partial charge in [-0.15, -0.1) is 0 Å². The molecule has 0 aliphatic rings. The van der Waals surface area contributed by atoms with Gasteiger partial charge in [0, 0.05) is 30.8 Å². The van der Waals surface area contributed by atoms with E-state index in [1.807, 2.05) is 12.1 Å². The Morgan fingerprint density at radius 1 is 1.04 bits per heavy atom. The van der Waals surface area contributed by atoms with E-state index in [0.29, 0.717) is 17.2 Å². The standard InChI is InChI=1S/C17H13N3O4/c1-12(21)19-11-10-17(18-19)13-2-6-15(7-3-13)24-16-8-4-14(5-9-16)20(22)23/h2-11H,1H3. The van der Waals surface area contributed by atoms with Crippen molar-refractivity contribution in [1.29, 1.82) is 0 Å². The Balaban J connectivity index is 1.74. The molecule has 0 fully saturated rings. The fraction of sp³-hybridized carbons (Fsp3) is 0.0588. The molecule has 0 aliphatic carbocycles. The number of aromatic nitrogens is 2. The van der Waals surface area contributed by atoms with Gasteiger partial charge in [-0.2, -0.15) is 5.10 Å². The highest BCUT2D eigenvalue weighted by molar-refractivity contribution is 5.76. The first-order chi connectivity index (χ1) is 11.5. The van der Waals surface area contributed by atoms with Crippen molar-refractivity contribution in [3.63, 3.8) is 0 Å². The van der Waals surface area contributed by atoms with Crippen molar-refractivity contribution in [2.75, 3.05) is 0 Å². The van der Waals surface area contributed by atoms with E-state index >= 15 is 0 Å². The summed E-state index contributed by atoms with van der Waals surface area (Å²) in [6, 6.07) is 14.8. The Bertz CT molecular complexity index is 883. The minimum Gasteiger partial charge on any atom is -0.457 e. The molecule has 0 atom stereocenters.